The van der Waals surface area contributed by atoms with Gasteiger partial charge in [-0.25, -0.2) is 0 Å². The molecule has 58 valence electrons. The maximum absolute atomic E-state index is 5.04. The van der Waals surface area contributed by atoms with Crippen LogP contribution in [0, 0.1) is 0 Å². The van der Waals surface area contributed by atoms with Gasteiger partial charge >= 0.3 is 0 Å². The van der Waals surface area contributed by atoms with E-state index >= 15 is 0 Å². The van der Waals surface area contributed by atoms with Crippen molar-refractivity contribution in [1.82, 2.24) is 21.1 Å². The van der Waals surface area contributed by atoms with Crippen LogP contribution in [0.5, 0.6) is 0 Å². The summed E-state index contributed by atoms with van der Waals surface area (Å²) < 4.78 is 0. The van der Waals surface area contributed by atoms with Gasteiger partial charge in [0.2, 0.25) is 0 Å². The van der Waals surface area contributed by atoms with Gasteiger partial charge < -0.3 is 0 Å². The minimum absolute atomic E-state index is 0.748. The zero-order chi connectivity index (χ0) is 7.84. The highest BCUT2D eigenvalue weighted by molar-refractivity contribution is 7.80. The molecular formula is C6H8N4S. The second kappa shape index (κ2) is 2.21. The lowest BCUT2D eigenvalue weighted by molar-refractivity contribution is 0.0131. The number of thiocarbonyl (C=S) groups is 1. The van der Waals surface area contributed by atoms with Crippen LogP contribution in [0.15, 0.2) is 24.2 Å². The molecule has 0 saturated heterocycles. The number of hydrogen-bond donors (Lipinski definition) is 2. The van der Waals surface area contributed by atoms with E-state index in [2.05, 4.69) is 10.9 Å². The normalized spacial score (nSPS) is 22.5. The maximum atomic E-state index is 5.04. The molecule has 2 aliphatic heterocycles. The molecule has 2 heterocycles. The smallest absolute Gasteiger partial charge is 0.121 e. The van der Waals surface area contributed by atoms with E-state index < -0.39 is 0 Å². The molecule has 0 atom stereocenters. The molecule has 0 fully saturated rings. The Morgan fingerprint density at radius 1 is 1.55 bits per heavy atom. The first-order valence-corrected chi connectivity index (χ1v) is 3.69. The maximum Gasteiger partial charge on any atom is 0.121 e. The van der Waals surface area contributed by atoms with Gasteiger partial charge in [0.25, 0.3) is 0 Å². The van der Waals surface area contributed by atoms with Crippen LogP contribution in [-0.4, -0.2) is 15.2 Å². The Morgan fingerprint density at radius 2 is 2.36 bits per heavy atom. The topological polar surface area (TPSA) is 30.5 Å². The predicted molar refractivity (Wildman–Crippen MR) is 45.4 cm³/mol. The molecule has 11 heavy (non-hydrogen) atoms. The fourth-order valence-electron chi connectivity index (χ4n) is 0.946. The molecule has 0 aromatic rings. The monoisotopic (exact) mass is 168 g/mol. The molecule has 0 spiro atoms. The lowest BCUT2D eigenvalue weighted by Crippen LogP contribution is -2.54. The molecule has 0 radical (unpaired) electrons. The van der Waals surface area contributed by atoms with Crippen molar-refractivity contribution in [2.45, 2.75) is 6.92 Å². The highest BCUT2D eigenvalue weighted by atomic mass is 32.1. The molecule has 2 aliphatic rings. The van der Waals surface area contributed by atoms with E-state index in [1.165, 1.54) is 0 Å². The fourth-order valence-corrected chi connectivity index (χ4v) is 1.08. The van der Waals surface area contributed by atoms with Gasteiger partial charge in [0.15, 0.2) is 0 Å². The quantitative estimate of drug-likeness (QED) is 0.506. The van der Waals surface area contributed by atoms with Crippen LogP contribution in [0.4, 0.5) is 0 Å². The molecule has 2 rings (SSSR count). The zero-order valence-electron chi connectivity index (χ0n) is 6.03. The number of nitrogens with zero attached hydrogens (tertiary/aromatic N) is 2. The summed E-state index contributed by atoms with van der Waals surface area (Å²) in [6.45, 7) is 1.97. The third-order valence-electron chi connectivity index (χ3n) is 1.55. The molecule has 2 N–H and O–H groups in total. The largest absolute Gasteiger partial charge is 0.288 e. The van der Waals surface area contributed by atoms with E-state index in [-0.39, 0.29) is 0 Å². The summed E-state index contributed by atoms with van der Waals surface area (Å²) >= 11 is 5.04. The van der Waals surface area contributed by atoms with Gasteiger partial charge in [-0.1, -0.05) is 12.2 Å². The summed E-state index contributed by atoms with van der Waals surface area (Å²) in [6, 6.07) is 0. The van der Waals surface area contributed by atoms with Crippen LogP contribution >= 0.6 is 12.2 Å². The van der Waals surface area contributed by atoms with Gasteiger partial charge in [0.05, 0.1) is 0 Å². The Morgan fingerprint density at radius 3 is 3.18 bits per heavy atom. The second-order valence-electron chi connectivity index (χ2n) is 2.39. The highest BCUT2D eigenvalue weighted by Crippen LogP contribution is 2.10. The van der Waals surface area contributed by atoms with Crippen LogP contribution in [0.25, 0.3) is 0 Å². The van der Waals surface area contributed by atoms with Crippen molar-refractivity contribution in [2.75, 3.05) is 0 Å². The van der Waals surface area contributed by atoms with E-state index in [0.717, 1.165) is 10.6 Å². The molecule has 0 unspecified atom stereocenters. The molecule has 4 nitrogen and oxygen atoms in total. The summed E-state index contributed by atoms with van der Waals surface area (Å²) in [4.78, 5) is 0.748. The van der Waals surface area contributed by atoms with Crippen LogP contribution in [-0.2, 0) is 0 Å². The summed E-state index contributed by atoms with van der Waals surface area (Å²) in [5.74, 6) is 0. The van der Waals surface area contributed by atoms with Gasteiger partial charge in [-0.2, -0.15) is 0 Å². The standard InChI is InChI=1S/C6H8N4S/c1-5-4-9-3-2-7-10(9)8-6(5)11/h2-4,7H,1H3,(H,8,11). The summed E-state index contributed by atoms with van der Waals surface area (Å²) in [7, 11) is 0. The van der Waals surface area contributed by atoms with Crippen molar-refractivity contribution < 1.29 is 0 Å². The van der Waals surface area contributed by atoms with Crippen LogP contribution in [0.2, 0.25) is 0 Å². The Bertz CT molecular complexity index is 257. The van der Waals surface area contributed by atoms with Crippen molar-refractivity contribution in [3.63, 3.8) is 0 Å². The van der Waals surface area contributed by atoms with Crippen molar-refractivity contribution in [2.24, 2.45) is 0 Å². The van der Waals surface area contributed by atoms with Crippen LogP contribution in [0.3, 0.4) is 0 Å². The molecule has 5 heteroatoms. The van der Waals surface area contributed by atoms with Gasteiger partial charge in [-0.05, 0) is 12.2 Å². The lowest BCUT2D eigenvalue weighted by Gasteiger charge is -2.31. The zero-order valence-corrected chi connectivity index (χ0v) is 6.85. The first-order chi connectivity index (χ1) is 5.27. The number of nitrogens with one attached hydrogen (secondary N) is 2. The Balaban J connectivity index is 2.28. The molecule has 0 aliphatic carbocycles. The third-order valence-corrected chi connectivity index (χ3v) is 1.96. The SMILES string of the molecule is CC1=CN2C=CNN2NC1=S. The highest BCUT2D eigenvalue weighted by Gasteiger charge is 2.20. The van der Waals surface area contributed by atoms with Crippen molar-refractivity contribution >= 4 is 17.2 Å². The third kappa shape index (κ3) is 0.979. The van der Waals surface area contributed by atoms with E-state index in [0.29, 0.717) is 0 Å². The summed E-state index contributed by atoms with van der Waals surface area (Å²) in [5, 5.41) is 3.58. The molecule has 0 aromatic carbocycles. The number of fused-ring (bicyclic) bond motifs is 1. The van der Waals surface area contributed by atoms with Gasteiger partial charge in [-0.15, -0.1) is 0 Å². The Hall–Kier alpha value is -1.07. The molecule has 0 aromatic heterocycles. The Kier molecular flexibility index (Phi) is 1.33. The fraction of sp³-hybridized carbons (Fsp3) is 0.167. The van der Waals surface area contributed by atoms with E-state index in [1.807, 2.05) is 30.5 Å². The molecular weight excluding hydrogens is 160 g/mol. The number of rotatable bonds is 0. The molecule has 0 amide bonds. The average molecular weight is 168 g/mol. The minimum atomic E-state index is 0.748. The number of hydrazine groups is 3. The average Bonchev–Trinajstić information content (AvgIpc) is 2.36. The molecule has 0 bridgehead atoms. The van der Waals surface area contributed by atoms with E-state index in [4.69, 9.17) is 12.2 Å². The lowest BCUT2D eigenvalue weighted by atomic mass is 10.3. The second-order valence-corrected chi connectivity index (χ2v) is 2.80. The summed E-state index contributed by atoms with van der Waals surface area (Å²) in [5.41, 5.74) is 6.98. The van der Waals surface area contributed by atoms with Crippen molar-refractivity contribution in [3.8, 4) is 0 Å². The first-order valence-electron chi connectivity index (χ1n) is 3.28. The van der Waals surface area contributed by atoms with Crippen molar-refractivity contribution in [1.29, 1.82) is 0 Å². The van der Waals surface area contributed by atoms with Crippen LogP contribution < -0.4 is 10.9 Å². The number of hydrogen-bond acceptors (Lipinski definition) is 4. The van der Waals surface area contributed by atoms with Gasteiger partial charge in [0, 0.05) is 24.2 Å². The van der Waals surface area contributed by atoms with Crippen LogP contribution in [0.1, 0.15) is 6.92 Å². The van der Waals surface area contributed by atoms with Gasteiger partial charge in [-0.3, -0.25) is 15.9 Å². The van der Waals surface area contributed by atoms with E-state index in [9.17, 15) is 0 Å². The minimum Gasteiger partial charge on any atom is -0.288 e. The summed E-state index contributed by atoms with van der Waals surface area (Å²) in [6.07, 6.45) is 5.68. The van der Waals surface area contributed by atoms with E-state index in [1.54, 1.807) is 5.23 Å². The Labute approximate surface area is 70.1 Å². The predicted octanol–water partition coefficient (Wildman–Crippen LogP) is 0.244. The van der Waals surface area contributed by atoms with Crippen molar-refractivity contribution in [3.05, 3.63) is 24.2 Å². The van der Waals surface area contributed by atoms with Gasteiger partial charge in [0.1, 0.15) is 4.99 Å². The first kappa shape index (κ1) is 6.63. The molecule has 0 saturated carbocycles.